The molecule has 1 aliphatic heterocycles. The number of hydrogen-bond donors (Lipinski definition) is 1. The normalized spacial score (nSPS) is 24.9. The molecular formula is C12H19NO2S2. The van der Waals surface area contributed by atoms with E-state index in [1.807, 2.05) is 0 Å². The smallest absolute Gasteiger partial charge is 0.151 e. The van der Waals surface area contributed by atoms with Crippen LogP contribution in [0.5, 0.6) is 0 Å². The van der Waals surface area contributed by atoms with Crippen molar-refractivity contribution in [3.8, 4) is 0 Å². The van der Waals surface area contributed by atoms with Crippen LogP contribution < -0.4 is 5.32 Å². The van der Waals surface area contributed by atoms with E-state index in [0.717, 1.165) is 19.3 Å². The average Bonchev–Trinajstić information content (AvgIpc) is 2.87. The van der Waals surface area contributed by atoms with E-state index in [4.69, 9.17) is 0 Å². The zero-order valence-corrected chi connectivity index (χ0v) is 11.7. The Kier molecular flexibility index (Phi) is 4.22. The molecule has 0 saturated carbocycles. The van der Waals surface area contributed by atoms with E-state index in [1.54, 1.807) is 11.3 Å². The topological polar surface area (TPSA) is 46.2 Å². The van der Waals surface area contributed by atoms with Crippen molar-refractivity contribution in [2.75, 3.05) is 11.5 Å². The van der Waals surface area contributed by atoms with Crippen LogP contribution in [0.15, 0.2) is 17.5 Å². The fraction of sp³-hybridized carbons (Fsp3) is 0.667. The molecule has 0 bridgehead atoms. The maximum atomic E-state index is 11.4. The Bertz CT molecular complexity index is 439. The van der Waals surface area contributed by atoms with Gasteiger partial charge in [-0.25, -0.2) is 8.42 Å². The molecule has 5 heteroatoms. The predicted molar refractivity (Wildman–Crippen MR) is 72.2 cm³/mol. The molecule has 0 aromatic carbocycles. The molecule has 0 amide bonds. The van der Waals surface area contributed by atoms with Crippen molar-refractivity contribution in [3.63, 3.8) is 0 Å². The monoisotopic (exact) mass is 273 g/mol. The molecule has 0 spiro atoms. The lowest BCUT2D eigenvalue weighted by atomic mass is 10.1. The molecule has 1 fully saturated rings. The van der Waals surface area contributed by atoms with E-state index < -0.39 is 9.84 Å². The second kappa shape index (κ2) is 5.50. The van der Waals surface area contributed by atoms with Gasteiger partial charge in [-0.1, -0.05) is 19.4 Å². The van der Waals surface area contributed by atoms with E-state index in [9.17, 15) is 8.42 Å². The van der Waals surface area contributed by atoms with Crippen LogP contribution in [0.2, 0.25) is 0 Å². The molecule has 2 heterocycles. The molecule has 1 aromatic rings. The molecule has 0 aliphatic carbocycles. The van der Waals surface area contributed by atoms with Crippen LogP contribution in [0.25, 0.3) is 0 Å². The van der Waals surface area contributed by atoms with Crippen LogP contribution >= 0.6 is 11.3 Å². The Hall–Kier alpha value is -0.390. The van der Waals surface area contributed by atoms with Gasteiger partial charge in [0.2, 0.25) is 0 Å². The van der Waals surface area contributed by atoms with Gasteiger partial charge in [0, 0.05) is 17.0 Å². The van der Waals surface area contributed by atoms with Crippen LogP contribution in [0, 0.1) is 0 Å². The van der Waals surface area contributed by atoms with Gasteiger partial charge in [0.05, 0.1) is 11.5 Å². The van der Waals surface area contributed by atoms with Crippen molar-refractivity contribution in [1.29, 1.82) is 0 Å². The van der Waals surface area contributed by atoms with Crippen LogP contribution in [0.3, 0.4) is 0 Å². The molecule has 2 rings (SSSR count). The number of nitrogens with one attached hydrogen (secondary N) is 1. The van der Waals surface area contributed by atoms with Crippen LogP contribution in [-0.2, 0) is 9.84 Å². The minimum Gasteiger partial charge on any atom is -0.305 e. The maximum absolute atomic E-state index is 11.4. The molecule has 0 radical (unpaired) electrons. The van der Waals surface area contributed by atoms with Crippen LogP contribution in [0.4, 0.5) is 0 Å². The summed E-state index contributed by atoms with van der Waals surface area (Å²) < 4.78 is 22.9. The second-order valence-corrected chi connectivity index (χ2v) is 7.83. The highest BCUT2D eigenvalue weighted by molar-refractivity contribution is 7.91. The van der Waals surface area contributed by atoms with Crippen molar-refractivity contribution in [3.05, 3.63) is 22.4 Å². The second-order valence-electron chi connectivity index (χ2n) is 4.62. The van der Waals surface area contributed by atoms with Crippen LogP contribution in [-0.4, -0.2) is 26.0 Å². The number of sulfone groups is 1. The first-order valence-corrected chi connectivity index (χ1v) is 8.80. The van der Waals surface area contributed by atoms with E-state index >= 15 is 0 Å². The highest BCUT2D eigenvalue weighted by atomic mass is 32.2. The zero-order chi connectivity index (χ0) is 12.3. The van der Waals surface area contributed by atoms with E-state index in [0.29, 0.717) is 17.5 Å². The van der Waals surface area contributed by atoms with Crippen LogP contribution in [0.1, 0.15) is 37.1 Å². The summed E-state index contributed by atoms with van der Waals surface area (Å²) in [5.74, 6) is 0.645. The largest absolute Gasteiger partial charge is 0.305 e. The Morgan fingerprint density at radius 3 is 2.94 bits per heavy atom. The minimum atomic E-state index is -2.78. The Morgan fingerprint density at radius 1 is 1.59 bits per heavy atom. The molecule has 2 atom stereocenters. The van der Waals surface area contributed by atoms with Crippen molar-refractivity contribution in [2.24, 2.45) is 0 Å². The first kappa shape index (κ1) is 13.1. The third-order valence-electron chi connectivity index (χ3n) is 3.13. The standard InChI is InChI=1S/C12H19NO2S2/c1-2-4-11(12-5-3-7-16-12)13-10-6-8-17(14,15)9-10/h3,5,7,10-11,13H,2,4,6,8-9H2,1H3. The van der Waals surface area contributed by atoms with Crippen molar-refractivity contribution < 1.29 is 8.42 Å². The predicted octanol–water partition coefficient (Wildman–Crippen LogP) is 2.37. The quantitative estimate of drug-likeness (QED) is 0.896. The highest BCUT2D eigenvalue weighted by Gasteiger charge is 2.29. The molecule has 17 heavy (non-hydrogen) atoms. The maximum Gasteiger partial charge on any atom is 0.151 e. The summed E-state index contributed by atoms with van der Waals surface area (Å²) >= 11 is 1.74. The van der Waals surface area contributed by atoms with Gasteiger partial charge in [-0.15, -0.1) is 11.3 Å². The summed E-state index contributed by atoms with van der Waals surface area (Å²) in [6, 6.07) is 4.63. The fourth-order valence-corrected chi connectivity index (χ4v) is 4.80. The van der Waals surface area contributed by atoms with Gasteiger partial charge in [0.25, 0.3) is 0 Å². The van der Waals surface area contributed by atoms with Crippen molar-refractivity contribution in [1.82, 2.24) is 5.32 Å². The summed E-state index contributed by atoms with van der Waals surface area (Å²) in [7, 11) is -2.78. The van der Waals surface area contributed by atoms with Gasteiger partial charge in [-0.05, 0) is 24.3 Å². The number of rotatable bonds is 5. The zero-order valence-electron chi connectivity index (χ0n) is 10.1. The molecule has 96 valence electrons. The van der Waals surface area contributed by atoms with Gasteiger partial charge in [0.1, 0.15) is 0 Å². The van der Waals surface area contributed by atoms with Crippen molar-refractivity contribution in [2.45, 2.75) is 38.3 Å². The molecule has 2 unspecified atom stereocenters. The highest BCUT2D eigenvalue weighted by Crippen LogP contribution is 2.25. The van der Waals surface area contributed by atoms with Gasteiger partial charge < -0.3 is 5.32 Å². The lowest BCUT2D eigenvalue weighted by Crippen LogP contribution is -2.33. The summed E-state index contributed by atoms with van der Waals surface area (Å²) in [6.07, 6.45) is 2.93. The van der Waals surface area contributed by atoms with Gasteiger partial charge in [-0.2, -0.15) is 0 Å². The summed E-state index contributed by atoms with van der Waals surface area (Å²) in [6.45, 7) is 2.16. The van der Waals surface area contributed by atoms with Crippen molar-refractivity contribution >= 4 is 21.2 Å². The molecule has 1 aromatic heterocycles. The Balaban J connectivity index is 1.99. The molecular weight excluding hydrogens is 254 g/mol. The lowest BCUT2D eigenvalue weighted by Gasteiger charge is -2.20. The summed E-state index contributed by atoms with van der Waals surface area (Å²) in [5, 5.41) is 5.58. The number of hydrogen-bond acceptors (Lipinski definition) is 4. The molecule has 1 saturated heterocycles. The molecule has 3 nitrogen and oxygen atoms in total. The molecule has 1 aliphatic rings. The minimum absolute atomic E-state index is 0.138. The Labute approximate surface area is 107 Å². The van der Waals surface area contributed by atoms with E-state index in [1.165, 1.54) is 4.88 Å². The van der Waals surface area contributed by atoms with Gasteiger partial charge in [-0.3, -0.25) is 0 Å². The fourth-order valence-electron chi connectivity index (χ4n) is 2.30. The number of thiophene rings is 1. The van der Waals surface area contributed by atoms with E-state index in [-0.39, 0.29) is 6.04 Å². The average molecular weight is 273 g/mol. The summed E-state index contributed by atoms with van der Waals surface area (Å²) in [5.41, 5.74) is 0. The Morgan fingerprint density at radius 2 is 2.41 bits per heavy atom. The lowest BCUT2D eigenvalue weighted by molar-refractivity contribution is 0.439. The first-order valence-electron chi connectivity index (χ1n) is 6.10. The van der Waals surface area contributed by atoms with Gasteiger partial charge in [0.15, 0.2) is 9.84 Å². The van der Waals surface area contributed by atoms with E-state index in [2.05, 4.69) is 29.8 Å². The van der Waals surface area contributed by atoms with Gasteiger partial charge >= 0.3 is 0 Å². The third kappa shape index (κ3) is 3.53. The third-order valence-corrected chi connectivity index (χ3v) is 5.89. The summed E-state index contributed by atoms with van der Waals surface area (Å²) in [4.78, 5) is 1.32. The SMILES string of the molecule is CCCC(NC1CCS(=O)(=O)C1)c1cccs1. The molecule has 1 N–H and O–H groups in total. The first-order chi connectivity index (χ1) is 8.11.